The Morgan fingerprint density at radius 2 is 2.00 bits per heavy atom. The molecule has 6 nitrogen and oxygen atoms in total. The standard InChI is InChI=1S/C15H13BrN2O4/c1-21-14(19)12-7-11(16)8-17-13(12)18-15(20)22-9-10-5-3-2-4-6-10/h2-8H,9H2,1H3,(H,17,18,20). The first-order chi connectivity index (χ1) is 10.6. The fourth-order valence-corrected chi connectivity index (χ4v) is 1.99. The van der Waals surface area contributed by atoms with Gasteiger partial charge in [0.05, 0.1) is 7.11 Å². The molecule has 0 aliphatic heterocycles. The number of pyridine rings is 1. The molecule has 0 fully saturated rings. The number of esters is 1. The monoisotopic (exact) mass is 364 g/mol. The summed E-state index contributed by atoms with van der Waals surface area (Å²) in [6, 6.07) is 10.8. The molecular formula is C15H13BrN2O4. The summed E-state index contributed by atoms with van der Waals surface area (Å²) in [5.74, 6) is -0.528. The molecule has 1 N–H and O–H groups in total. The van der Waals surface area contributed by atoms with Crippen LogP contribution >= 0.6 is 15.9 Å². The smallest absolute Gasteiger partial charge is 0.413 e. The summed E-state index contributed by atoms with van der Waals surface area (Å²) in [7, 11) is 1.25. The van der Waals surface area contributed by atoms with Gasteiger partial charge in [0.25, 0.3) is 0 Å². The van der Waals surface area contributed by atoms with Crippen molar-refractivity contribution in [2.75, 3.05) is 12.4 Å². The molecule has 0 bridgehead atoms. The summed E-state index contributed by atoms with van der Waals surface area (Å²) in [6.07, 6.45) is 0.753. The van der Waals surface area contributed by atoms with E-state index in [0.29, 0.717) is 4.47 Å². The molecule has 0 radical (unpaired) electrons. The molecule has 1 amide bonds. The number of anilines is 1. The second-order valence-electron chi connectivity index (χ2n) is 4.23. The number of hydrogen-bond acceptors (Lipinski definition) is 5. The third kappa shape index (κ3) is 4.29. The Hall–Kier alpha value is -2.41. The summed E-state index contributed by atoms with van der Waals surface area (Å²) < 4.78 is 10.3. The molecule has 0 atom stereocenters. The third-order valence-electron chi connectivity index (χ3n) is 2.69. The van der Waals surface area contributed by atoms with E-state index in [0.717, 1.165) is 5.56 Å². The van der Waals surface area contributed by atoms with Crippen LogP contribution in [0.15, 0.2) is 47.1 Å². The predicted molar refractivity (Wildman–Crippen MR) is 83.5 cm³/mol. The Labute approximate surface area is 135 Å². The van der Waals surface area contributed by atoms with Crippen molar-refractivity contribution in [3.8, 4) is 0 Å². The summed E-state index contributed by atoms with van der Waals surface area (Å²) in [5, 5.41) is 2.43. The van der Waals surface area contributed by atoms with E-state index in [1.807, 2.05) is 30.3 Å². The van der Waals surface area contributed by atoms with Gasteiger partial charge >= 0.3 is 12.1 Å². The Balaban J connectivity index is 2.03. The van der Waals surface area contributed by atoms with E-state index in [4.69, 9.17) is 4.74 Å². The number of ether oxygens (including phenoxy) is 2. The molecule has 0 saturated heterocycles. The molecule has 1 aromatic carbocycles. The fourth-order valence-electron chi connectivity index (χ4n) is 1.66. The average Bonchev–Trinajstić information content (AvgIpc) is 2.55. The number of halogens is 1. The summed E-state index contributed by atoms with van der Waals surface area (Å²) >= 11 is 3.21. The van der Waals surface area contributed by atoms with Gasteiger partial charge in [-0.2, -0.15) is 0 Å². The number of rotatable bonds is 4. The lowest BCUT2D eigenvalue weighted by atomic mass is 10.2. The molecule has 0 aliphatic carbocycles. The van der Waals surface area contributed by atoms with E-state index >= 15 is 0 Å². The van der Waals surface area contributed by atoms with Gasteiger partial charge in [-0.1, -0.05) is 30.3 Å². The molecule has 2 aromatic rings. The van der Waals surface area contributed by atoms with E-state index in [1.165, 1.54) is 19.4 Å². The first-order valence-corrected chi connectivity index (χ1v) is 7.11. The molecule has 2 rings (SSSR count). The zero-order chi connectivity index (χ0) is 15.9. The van der Waals surface area contributed by atoms with Crippen LogP contribution in [0, 0.1) is 0 Å². The van der Waals surface area contributed by atoms with Crippen molar-refractivity contribution in [2.24, 2.45) is 0 Å². The van der Waals surface area contributed by atoms with Crippen molar-refractivity contribution < 1.29 is 19.1 Å². The zero-order valence-corrected chi connectivity index (χ0v) is 13.3. The number of nitrogens with one attached hydrogen (secondary N) is 1. The van der Waals surface area contributed by atoms with Crippen LogP contribution in [0.3, 0.4) is 0 Å². The summed E-state index contributed by atoms with van der Waals surface area (Å²) in [4.78, 5) is 27.5. The lowest BCUT2D eigenvalue weighted by Gasteiger charge is -2.09. The van der Waals surface area contributed by atoms with Crippen LogP contribution in [0.4, 0.5) is 10.6 Å². The van der Waals surface area contributed by atoms with Crippen molar-refractivity contribution in [1.29, 1.82) is 0 Å². The minimum atomic E-state index is -0.705. The van der Waals surface area contributed by atoms with Crippen LogP contribution in [0.5, 0.6) is 0 Å². The molecular weight excluding hydrogens is 352 g/mol. The highest BCUT2D eigenvalue weighted by molar-refractivity contribution is 9.10. The van der Waals surface area contributed by atoms with E-state index in [2.05, 4.69) is 31.0 Å². The van der Waals surface area contributed by atoms with Crippen molar-refractivity contribution in [3.63, 3.8) is 0 Å². The first kappa shape index (κ1) is 16.0. The van der Waals surface area contributed by atoms with Gasteiger partial charge in [-0.15, -0.1) is 0 Å². The van der Waals surface area contributed by atoms with E-state index in [1.54, 1.807) is 0 Å². The maximum absolute atomic E-state index is 11.8. The highest BCUT2D eigenvalue weighted by Gasteiger charge is 2.16. The minimum Gasteiger partial charge on any atom is -0.465 e. The Bertz CT molecular complexity index is 676. The Morgan fingerprint density at radius 3 is 2.68 bits per heavy atom. The molecule has 1 aromatic heterocycles. The number of amides is 1. The number of hydrogen-bond donors (Lipinski definition) is 1. The molecule has 0 aliphatic rings. The van der Waals surface area contributed by atoms with Crippen molar-refractivity contribution in [1.82, 2.24) is 4.98 Å². The molecule has 114 valence electrons. The number of methoxy groups -OCH3 is 1. The van der Waals surface area contributed by atoms with Gasteiger partial charge in [0.1, 0.15) is 18.0 Å². The third-order valence-corrected chi connectivity index (χ3v) is 3.13. The average molecular weight is 365 g/mol. The van der Waals surface area contributed by atoms with E-state index < -0.39 is 12.1 Å². The molecule has 0 saturated carbocycles. The number of carbonyl (C=O) groups is 2. The maximum atomic E-state index is 11.8. The number of nitrogens with zero attached hydrogens (tertiary/aromatic N) is 1. The lowest BCUT2D eigenvalue weighted by molar-refractivity contribution is 0.0601. The molecule has 22 heavy (non-hydrogen) atoms. The number of benzene rings is 1. The molecule has 0 spiro atoms. The maximum Gasteiger partial charge on any atom is 0.413 e. The summed E-state index contributed by atoms with van der Waals surface area (Å²) in [5.41, 5.74) is 0.989. The van der Waals surface area contributed by atoms with Crippen LogP contribution in [0.1, 0.15) is 15.9 Å². The summed E-state index contributed by atoms with van der Waals surface area (Å²) in [6.45, 7) is 0.122. The van der Waals surface area contributed by atoms with Gasteiger partial charge in [-0.05, 0) is 27.6 Å². The van der Waals surface area contributed by atoms with Crippen molar-refractivity contribution in [2.45, 2.75) is 6.61 Å². The molecule has 1 heterocycles. The van der Waals surface area contributed by atoms with Crippen molar-refractivity contribution >= 4 is 33.8 Å². The Kier molecular flexibility index (Phi) is 5.48. The van der Waals surface area contributed by atoms with Gasteiger partial charge in [0.2, 0.25) is 0 Å². The highest BCUT2D eigenvalue weighted by atomic mass is 79.9. The van der Waals surface area contributed by atoms with Crippen LogP contribution < -0.4 is 5.32 Å². The van der Waals surface area contributed by atoms with Gasteiger partial charge in [-0.25, -0.2) is 14.6 Å². The van der Waals surface area contributed by atoms with E-state index in [9.17, 15) is 9.59 Å². The normalized spacial score (nSPS) is 9.91. The van der Waals surface area contributed by atoms with Gasteiger partial charge in [-0.3, -0.25) is 5.32 Å². The largest absolute Gasteiger partial charge is 0.465 e. The zero-order valence-electron chi connectivity index (χ0n) is 11.7. The predicted octanol–water partition coefficient (Wildman–Crippen LogP) is 3.38. The minimum absolute atomic E-state index is 0.0770. The first-order valence-electron chi connectivity index (χ1n) is 6.31. The SMILES string of the molecule is COC(=O)c1cc(Br)cnc1NC(=O)OCc1ccccc1. The van der Waals surface area contributed by atoms with Crippen molar-refractivity contribution in [3.05, 3.63) is 58.2 Å². The Morgan fingerprint density at radius 1 is 1.27 bits per heavy atom. The van der Waals surface area contributed by atoms with Gasteiger partial charge < -0.3 is 9.47 Å². The van der Waals surface area contributed by atoms with Gasteiger partial charge in [0.15, 0.2) is 0 Å². The van der Waals surface area contributed by atoms with Crippen LogP contribution in [-0.2, 0) is 16.1 Å². The van der Waals surface area contributed by atoms with Crippen LogP contribution in [0.2, 0.25) is 0 Å². The number of carbonyl (C=O) groups excluding carboxylic acids is 2. The van der Waals surface area contributed by atoms with Crippen LogP contribution in [0.25, 0.3) is 0 Å². The van der Waals surface area contributed by atoms with Gasteiger partial charge in [0, 0.05) is 10.7 Å². The van der Waals surface area contributed by atoms with Crippen LogP contribution in [-0.4, -0.2) is 24.2 Å². The highest BCUT2D eigenvalue weighted by Crippen LogP contribution is 2.19. The quantitative estimate of drug-likeness (QED) is 0.841. The number of aromatic nitrogens is 1. The topological polar surface area (TPSA) is 77.5 Å². The second kappa shape index (κ2) is 7.56. The van der Waals surface area contributed by atoms with E-state index in [-0.39, 0.29) is 18.0 Å². The molecule has 0 unspecified atom stereocenters. The lowest BCUT2D eigenvalue weighted by Crippen LogP contribution is -2.17. The molecule has 7 heteroatoms. The second-order valence-corrected chi connectivity index (χ2v) is 5.14. The fraction of sp³-hybridized carbons (Fsp3) is 0.133.